The first kappa shape index (κ1) is 26.6. The number of phenols is 1. The third-order valence-electron chi connectivity index (χ3n) is 5.59. The molecule has 0 aliphatic rings. The summed E-state index contributed by atoms with van der Waals surface area (Å²) in [6.45, 7) is 0. The van der Waals surface area contributed by atoms with Crippen LogP contribution in [0, 0.1) is 12.1 Å². The van der Waals surface area contributed by atoms with Crippen LogP contribution in [-0.4, -0.2) is 20.1 Å². The Bertz CT molecular complexity index is 1520. The Hall–Kier alpha value is -4.44. The molecule has 0 aliphatic carbocycles. The fourth-order valence-corrected chi connectivity index (χ4v) is 3.79. The molecule has 0 aliphatic heterocycles. The molecule has 3 heterocycles. The van der Waals surface area contributed by atoms with Crippen LogP contribution in [0.25, 0.3) is 45.0 Å². The summed E-state index contributed by atoms with van der Waals surface area (Å²) in [6, 6.07) is 45.0. The third-order valence-corrected chi connectivity index (χ3v) is 5.59. The molecule has 0 saturated carbocycles. The van der Waals surface area contributed by atoms with Crippen LogP contribution in [0.15, 0.2) is 134 Å². The molecular formula is C33H23IrN3O-2. The summed E-state index contributed by atoms with van der Waals surface area (Å²) < 4.78 is 0. The first-order valence-corrected chi connectivity index (χ1v) is 11.9. The van der Waals surface area contributed by atoms with Crippen LogP contribution >= 0.6 is 0 Å². The Morgan fingerprint density at radius 3 is 1.66 bits per heavy atom. The standard InChI is InChI=1S/C17H12NO.C16H11N2.Ir/c19-17-12-5-4-9-14(17)16-11-6-10-15(18-16)13-7-2-1-3-8-13;1-3-10-17-15(8-1)13-6-5-7-14(12-13)16-9-2-4-11-18-16;/h1-7,9-12,19H;1-11H;/q2*-1;. The van der Waals surface area contributed by atoms with Gasteiger partial charge in [-0.3, -0.25) is 15.0 Å². The summed E-state index contributed by atoms with van der Waals surface area (Å²) in [7, 11) is 0. The van der Waals surface area contributed by atoms with Crippen molar-refractivity contribution < 1.29 is 25.2 Å². The minimum atomic E-state index is 0. The SMILES string of the molecule is Oc1ccccc1-c1cccc(-c2[c-]cccc2)n1.[Ir].[c-]1c(-c2ccccn2)cccc1-c1ccccn1. The van der Waals surface area contributed by atoms with Crippen LogP contribution in [0.2, 0.25) is 0 Å². The van der Waals surface area contributed by atoms with Gasteiger partial charge in [0.1, 0.15) is 5.75 Å². The molecule has 6 rings (SSSR count). The van der Waals surface area contributed by atoms with Crippen molar-refractivity contribution in [3.8, 4) is 50.8 Å². The van der Waals surface area contributed by atoms with E-state index in [1.165, 1.54) is 0 Å². The van der Waals surface area contributed by atoms with Gasteiger partial charge < -0.3 is 5.11 Å². The molecule has 0 amide bonds. The van der Waals surface area contributed by atoms with Crippen molar-refractivity contribution in [2.45, 2.75) is 0 Å². The van der Waals surface area contributed by atoms with E-state index in [1.807, 2.05) is 109 Å². The number of hydrogen-bond donors (Lipinski definition) is 1. The van der Waals surface area contributed by atoms with Crippen molar-refractivity contribution in [3.63, 3.8) is 0 Å². The maximum atomic E-state index is 9.88. The Kier molecular flexibility index (Phi) is 9.25. The summed E-state index contributed by atoms with van der Waals surface area (Å²) in [4.78, 5) is 13.2. The molecule has 3 aromatic heterocycles. The van der Waals surface area contributed by atoms with E-state index in [9.17, 15) is 5.11 Å². The van der Waals surface area contributed by atoms with E-state index in [0.29, 0.717) is 0 Å². The van der Waals surface area contributed by atoms with E-state index in [-0.39, 0.29) is 25.9 Å². The van der Waals surface area contributed by atoms with Crippen molar-refractivity contribution in [1.82, 2.24) is 15.0 Å². The van der Waals surface area contributed by atoms with Crippen LogP contribution in [0.4, 0.5) is 0 Å². The van der Waals surface area contributed by atoms with Crippen LogP contribution < -0.4 is 0 Å². The molecule has 5 heteroatoms. The zero-order chi connectivity index (χ0) is 25.3. The van der Waals surface area contributed by atoms with Crippen molar-refractivity contribution in [2.75, 3.05) is 0 Å². The minimum absolute atomic E-state index is 0. The van der Waals surface area contributed by atoms with Gasteiger partial charge in [0.25, 0.3) is 0 Å². The van der Waals surface area contributed by atoms with Gasteiger partial charge in [0, 0.05) is 49.5 Å². The molecule has 0 spiro atoms. The summed E-state index contributed by atoms with van der Waals surface area (Å²) in [5, 5.41) is 9.88. The Morgan fingerprint density at radius 1 is 0.500 bits per heavy atom. The average molecular weight is 670 g/mol. The number of para-hydroxylation sites is 1. The Morgan fingerprint density at radius 2 is 1.05 bits per heavy atom. The van der Waals surface area contributed by atoms with E-state index in [0.717, 1.165) is 45.0 Å². The zero-order valence-electron chi connectivity index (χ0n) is 20.3. The summed E-state index contributed by atoms with van der Waals surface area (Å²) in [6.07, 6.45) is 3.58. The second-order valence-electron chi connectivity index (χ2n) is 8.11. The molecule has 6 aromatic rings. The van der Waals surface area contributed by atoms with E-state index in [1.54, 1.807) is 24.5 Å². The second kappa shape index (κ2) is 13.2. The number of aromatic nitrogens is 3. The van der Waals surface area contributed by atoms with Gasteiger partial charge in [-0.2, -0.15) is 0 Å². The molecular weight excluding hydrogens is 647 g/mol. The van der Waals surface area contributed by atoms with Crippen LogP contribution in [0.3, 0.4) is 0 Å². The predicted octanol–water partition coefficient (Wildman–Crippen LogP) is 7.53. The number of rotatable bonds is 4. The number of aromatic hydroxyl groups is 1. The zero-order valence-corrected chi connectivity index (χ0v) is 22.7. The first-order chi connectivity index (χ1) is 18.3. The average Bonchev–Trinajstić information content (AvgIpc) is 2.99. The molecule has 1 radical (unpaired) electrons. The molecule has 0 saturated heterocycles. The predicted molar refractivity (Wildman–Crippen MR) is 147 cm³/mol. The minimum Gasteiger partial charge on any atom is -0.507 e. The number of hydrogen-bond acceptors (Lipinski definition) is 4. The number of phenolic OH excluding ortho intramolecular Hbond substituents is 1. The van der Waals surface area contributed by atoms with Crippen molar-refractivity contribution in [1.29, 1.82) is 0 Å². The molecule has 0 unspecified atom stereocenters. The molecule has 1 N–H and O–H groups in total. The van der Waals surface area contributed by atoms with Gasteiger partial charge in [-0.1, -0.05) is 59.7 Å². The fraction of sp³-hybridized carbons (Fsp3) is 0. The third kappa shape index (κ3) is 6.65. The smallest absolute Gasteiger partial charge is 0.124 e. The van der Waals surface area contributed by atoms with Crippen LogP contribution in [0.5, 0.6) is 5.75 Å². The maximum Gasteiger partial charge on any atom is 0.124 e. The second-order valence-corrected chi connectivity index (χ2v) is 8.11. The number of nitrogens with zero attached hydrogens (tertiary/aromatic N) is 3. The van der Waals surface area contributed by atoms with Gasteiger partial charge in [0.15, 0.2) is 0 Å². The Labute approximate surface area is 236 Å². The molecule has 187 valence electrons. The van der Waals surface area contributed by atoms with Crippen LogP contribution in [0.1, 0.15) is 0 Å². The van der Waals surface area contributed by atoms with Gasteiger partial charge in [-0.25, -0.2) is 0 Å². The number of pyridine rings is 3. The molecule has 4 nitrogen and oxygen atoms in total. The largest absolute Gasteiger partial charge is 0.507 e. The van der Waals surface area contributed by atoms with Gasteiger partial charge in [-0.05, 0) is 36.0 Å². The van der Waals surface area contributed by atoms with Gasteiger partial charge in [-0.15, -0.1) is 60.2 Å². The van der Waals surface area contributed by atoms with Gasteiger partial charge in [0.05, 0.1) is 5.69 Å². The monoisotopic (exact) mass is 670 g/mol. The first-order valence-electron chi connectivity index (χ1n) is 11.9. The molecule has 0 atom stereocenters. The van der Waals surface area contributed by atoms with E-state index < -0.39 is 0 Å². The molecule has 0 fully saturated rings. The Balaban J connectivity index is 0.000000173. The normalized spacial score (nSPS) is 10.0. The van der Waals surface area contributed by atoms with Crippen molar-refractivity contribution in [2.24, 2.45) is 0 Å². The quantitative estimate of drug-likeness (QED) is 0.197. The van der Waals surface area contributed by atoms with E-state index >= 15 is 0 Å². The fourth-order valence-electron chi connectivity index (χ4n) is 3.79. The summed E-state index contributed by atoms with van der Waals surface area (Å²) in [5.41, 5.74) is 7.11. The van der Waals surface area contributed by atoms with Crippen molar-refractivity contribution >= 4 is 0 Å². The molecule has 0 bridgehead atoms. The molecule has 3 aromatic carbocycles. The van der Waals surface area contributed by atoms with Crippen LogP contribution in [-0.2, 0) is 20.1 Å². The summed E-state index contributed by atoms with van der Waals surface area (Å²) >= 11 is 0. The van der Waals surface area contributed by atoms with Gasteiger partial charge in [0.2, 0.25) is 0 Å². The van der Waals surface area contributed by atoms with E-state index in [2.05, 4.69) is 27.1 Å². The summed E-state index contributed by atoms with van der Waals surface area (Å²) in [5.74, 6) is 0.240. The molecule has 38 heavy (non-hydrogen) atoms. The van der Waals surface area contributed by atoms with Crippen molar-refractivity contribution in [3.05, 3.63) is 146 Å². The topological polar surface area (TPSA) is 58.9 Å². The van der Waals surface area contributed by atoms with E-state index in [4.69, 9.17) is 0 Å². The maximum absolute atomic E-state index is 9.88. The number of benzene rings is 3. The van der Waals surface area contributed by atoms with Gasteiger partial charge >= 0.3 is 0 Å².